The summed E-state index contributed by atoms with van der Waals surface area (Å²) in [4.78, 5) is 0. The molecule has 0 spiro atoms. The van der Waals surface area contributed by atoms with Crippen LogP contribution in [0.5, 0.6) is 0 Å². The molecule has 4 bridgehead atoms. The first-order valence-electron chi connectivity index (χ1n) is 7.48. The zero-order valence-corrected chi connectivity index (χ0v) is 11.4. The number of hydrogen-bond donors (Lipinski definition) is 1. The van der Waals surface area contributed by atoms with Crippen molar-refractivity contribution in [1.29, 1.82) is 0 Å². The molecule has 1 aromatic rings. The Morgan fingerprint density at radius 2 is 1.63 bits per heavy atom. The van der Waals surface area contributed by atoms with Gasteiger partial charge < -0.3 is 5.11 Å². The maximum atomic E-state index is 13.2. The fourth-order valence-corrected chi connectivity index (χ4v) is 5.47. The highest BCUT2D eigenvalue weighted by Crippen LogP contribution is 2.63. The Bertz CT molecular complexity index is 490. The Balaban J connectivity index is 1.77. The molecule has 1 nitrogen and oxygen atoms in total. The summed E-state index contributed by atoms with van der Waals surface area (Å²) >= 11 is 0. The number of halogens is 1. The predicted octanol–water partition coefficient (Wildman–Crippen LogP) is 3.65. The lowest BCUT2D eigenvalue weighted by molar-refractivity contribution is -0.160. The average molecular weight is 260 g/mol. The van der Waals surface area contributed by atoms with E-state index in [4.69, 9.17) is 0 Å². The van der Waals surface area contributed by atoms with Gasteiger partial charge in [0.05, 0.1) is 5.60 Å². The number of hydrogen-bond acceptors (Lipinski definition) is 1. The highest BCUT2D eigenvalue weighted by atomic mass is 19.1. The van der Waals surface area contributed by atoms with Crippen LogP contribution in [0.2, 0.25) is 0 Å². The minimum Gasteiger partial charge on any atom is -0.390 e. The lowest BCUT2D eigenvalue weighted by Crippen LogP contribution is -2.60. The molecule has 1 aromatic carbocycles. The first-order chi connectivity index (χ1) is 8.99. The van der Waals surface area contributed by atoms with Crippen LogP contribution < -0.4 is 0 Å². The van der Waals surface area contributed by atoms with Crippen molar-refractivity contribution in [2.75, 3.05) is 0 Å². The summed E-state index contributed by atoms with van der Waals surface area (Å²) in [6.45, 7) is 2.34. The molecule has 0 aliphatic heterocycles. The quantitative estimate of drug-likeness (QED) is 0.817. The fraction of sp³-hybridized carbons (Fsp3) is 0.647. The van der Waals surface area contributed by atoms with Gasteiger partial charge in [0, 0.05) is 0 Å². The van der Waals surface area contributed by atoms with Crippen LogP contribution in [-0.2, 0) is 5.41 Å². The molecule has 4 saturated carbocycles. The summed E-state index contributed by atoms with van der Waals surface area (Å²) in [5, 5.41) is 10.7. The molecule has 1 N–H and O–H groups in total. The molecular weight excluding hydrogens is 239 g/mol. The van der Waals surface area contributed by atoms with Gasteiger partial charge in [-0.05, 0) is 73.0 Å². The first-order valence-corrected chi connectivity index (χ1v) is 7.48. The van der Waals surface area contributed by atoms with Gasteiger partial charge in [-0.2, -0.15) is 0 Å². The third-order valence-corrected chi connectivity index (χ3v) is 6.32. The Morgan fingerprint density at radius 3 is 2.16 bits per heavy atom. The lowest BCUT2D eigenvalue weighted by Gasteiger charge is -2.63. The fourth-order valence-electron chi connectivity index (χ4n) is 5.47. The van der Waals surface area contributed by atoms with Gasteiger partial charge in [-0.25, -0.2) is 4.39 Å². The summed E-state index contributed by atoms with van der Waals surface area (Å²) in [6, 6.07) is 7.09. The summed E-state index contributed by atoms with van der Waals surface area (Å²) < 4.78 is 13.2. The van der Waals surface area contributed by atoms with Gasteiger partial charge in [-0.15, -0.1) is 0 Å². The maximum Gasteiger partial charge on any atom is 0.123 e. The number of aliphatic hydroxyl groups is 1. The van der Waals surface area contributed by atoms with E-state index in [0.29, 0.717) is 11.8 Å². The van der Waals surface area contributed by atoms with Gasteiger partial charge >= 0.3 is 0 Å². The topological polar surface area (TPSA) is 20.2 Å². The summed E-state index contributed by atoms with van der Waals surface area (Å²) in [5.74, 6) is 1.69. The van der Waals surface area contributed by atoms with Crippen LogP contribution >= 0.6 is 0 Å². The summed E-state index contributed by atoms with van der Waals surface area (Å²) in [5.41, 5.74) is 1.01. The van der Waals surface area contributed by atoms with Crippen molar-refractivity contribution < 1.29 is 9.50 Å². The second kappa shape index (κ2) is 3.60. The zero-order valence-electron chi connectivity index (χ0n) is 11.4. The molecule has 102 valence electrons. The third kappa shape index (κ3) is 1.56. The zero-order chi connectivity index (χ0) is 13.3. The Labute approximate surface area is 113 Å². The van der Waals surface area contributed by atoms with E-state index in [1.807, 2.05) is 12.1 Å². The molecular formula is C17H21FO. The predicted molar refractivity (Wildman–Crippen MR) is 72.3 cm³/mol. The molecule has 0 radical (unpaired) electrons. The molecule has 4 aliphatic carbocycles. The van der Waals surface area contributed by atoms with E-state index in [1.54, 1.807) is 12.1 Å². The van der Waals surface area contributed by atoms with Crippen LogP contribution in [0, 0.1) is 23.6 Å². The van der Waals surface area contributed by atoms with E-state index in [0.717, 1.165) is 25.2 Å². The van der Waals surface area contributed by atoms with E-state index in [9.17, 15) is 9.50 Å². The van der Waals surface area contributed by atoms with Crippen molar-refractivity contribution >= 4 is 0 Å². The molecule has 5 rings (SSSR count). The van der Waals surface area contributed by atoms with Crippen LogP contribution in [0.4, 0.5) is 4.39 Å². The van der Waals surface area contributed by atoms with Crippen LogP contribution in [0.15, 0.2) is 24.3 Å². The molecule has 4 aliphatic rings. The van der Waals surface area contributed by atoms with Crippen LogP contribution in [0.3, 0.4) is 0 Å². The molecule has 2 unspecified atom stereocenters. The highest BCUT2D eigenvalue weighted by molar-refractivity contribution is 5.31. The van der Waals surface area contributed by atoms with Crippen LogP contribution in [-0.4, -0.2) is 10.7 Å². The molecule has 0 aromatic heterocycles. The van der Waals surface area contributed by atoms with Gasteiger partial charge in [-0.1, -0.05) is 19.1 Å². The van der Waals surface area contributed by atoms with Crippen molar-refractivity contribution in [1.82, 2.24) is 0 Å². The van der Waals surface area contributed by atoms with E-state index in [2.05, 4.69) is 6.92 Å². The van der Waals surface area contributed by atoms with Crippen molar-refractivity contribution in [2.45, 2.75) is 50.0 Å². The van der Waals surface area contributed by atoms with Gasteiger partial charge in [0.15, 0.2) is 0 Å². The molecule has 4 fully saturated rings. The molecule has 2 heteroatoms. The van der Waals surface area contributed by atoms with Crippen molar-refractivity contribution in [3.63, 3.8) is 0 Å². The minimum atomic E-state index is -0.393. The van der Waals surface area contributed by atoms with Gasteiger partial charge in [0.25, 0.3) is 0 Å². The molecule has 2 atom stereocenters. The average Bonchev–Trinajstić information content (AvgIpc) is 2.34. The molecule has 0 saturated heterocycles. The Hall–Kier alpha value is -0.890. The van der Waals surface area contributed by atoms with Crippen molar-refractivity contribution in [3.05, 3.63) is 35.6 Å². The van der Waals surface area contributed by atoms with E-state index in [-0.39, 0.29) is 11.2 Å². The second-order valence-corrected chi connectivity index (χ2v) is 7.36. The van der Waals surface area contributed by atoms with E-state index >= 15 is 0 Å². The standard InChI is InChI=1S/C17H21FO/c1-16(12-2-4-15(18)5-3-12)13-6-11-7-14(16)10-17(19,8-11)9-13/h2-5,11,13-14,19H,6-10H2,1H3/t11-,13?,14?,16+,17?. The van der Waals surface area contributed by atoms with Crippen molar-refractivity contribution in [3.8, 4) is 0 Å². The maximum absolute atomic E-state index is 13.2. The Morgan fingerprint density at radius 1 is 1.05 bits per heavy atom. The SMILES string of the molecule is C[C@]1(c2ccc(F)cc2)C2CC3(O)CC1C[C@@H](C2)C3. The summed E-state index contributed by atoms with van der Waals surface area (Å²) in [7, 11) is 0. The monoisotopic (exact) mass is 260 g/mol. The van der Waals surface area contributed by atoms with E-state index in [1.165, 1.54) is 18.4 Å². The second-order valence-electron chi connectivity index (χ2n) is 7.36. The molecule has 19 heavy (non-hydrogen) atoms. The summed E-state index contributed by atoms with van der Waals surface area (Å²) in [6.07, 6.45) is 5.38. The normalized spacial score (nSPS) is 47.6. The number of rotatable bonds is 1. The van der Waals surface area contributed by atoms with Crippen LogP contribution in [0.1, 0.15) is 44.6 Å². The Kier molecular flexibility index (Phi) is 2.26. The van der Waals surface area contributed by atoms with Gasteiger partial charge in [0.1, 0.15) is 5.82 Å². The first kappa shape index (κ1) is 11.9. The van der Waals surface area contributed by atoms with Crippen LogP contribution in [0.25, 0.3) is 0 Å². The number of benzene rings is 1. The molecule has 0 amide bonds. The van der Waals surface area contributed by atoms with Gasteiger partial charge in [0.2, 0.25) is 0 Å². The third-order valence-electron chi connectivity index (χ3n) is 6.32. The lowest BCUT2D eigenvalue weighted by atomic mass is 9.43. The minimum absolute atomic E-state index is 0.136. The molecule has 0 heterocycles. The van der Waals surface area contributed by atoms with Crippen molar-refractivity contribution in [2.24, 2.45) is 17.8 Å². The van der Waals surface area contributed by atoms with E-state index < -0.39 is 5.60 Å². The highest BCUT2D eigenvalue weighted by Gasteiger charge is 2.60. The van der Waals surface area contributed by atoms with Gasteiger partial charge in [-0.3, -0.25) is 0 Å². The smallest absolute Gasteiger partial charge is 0.123 e. The largest absolute Gasteiger partial charge is 0.390 e.